The van der Waals surface area contributed by atoms with Gasteiger partial charge in [-0.1, -0.05) is 18.2 Å². The predicted molar refractivity (Wildman–Crippen MR) is 81.1 cm³/mol. The molecule has 0 aliphatic heterocycles. The summed E-state index contributed by atoms with van der Waals surface area (Å²) in [6, 6.07) is 10.1. The van der Waals surface area contributed by atoms with Crippen molar-refractivity contribution in [1.82, 2.24) is 9.47 Å². The number of hydrogen-bond acceptors (Lipinski definition) is 2. The van der Waals surface area contributed by atoms with Crippen LogP contribution in [-0.4, -0.2) is 40.0 Å². The predicted octanol–water partition coefficient (Wildman–Crippen LogP) is 2.35. The first-order chi connectivity index (χ1) is 10.1. The maximum atomic E-state index is 12.0. The van der Waals surface area contributed by atoms with Crippen LogP contribution in [0.4, 0.5) is 0 Å². The van der Waals surface area contributed by atoms with Crippen molar-refractivity contribution in [1.29, 1.82) is 0 Å². The third-order valence-corrected chi connectivity index (χ3v) is 3.56. The van der Waals surface area contributed by atoms with Gasteiger partial charge in [-0.3, -0.25) is 9.59 Å². The summed E-state index contributed by atoms with van der Waals surface area (Å²) in [4.78, 5) is 24.1. The number of nitrogens with zero attached hydrogens (tertiary/aromatic N) is 2. The first kappa shape index (κ1) is 15.1. The van der Waals surface area contributed by atoms with E-state index in [2.05, 4.69) is 4.57 Å². The number of aryl methyl sites for hydroxylation is 1. The Hall–Kier alpha value is -2.30. The van der Waals surface area contributed by atoms with Crippen molar-refractivity contribution in [2.75, 3.05) is 13.6 Å². The first-order valence-corrected chi connectivity index (χ1v) is 7.07. The smallest absolute Gasteiger partial charge is 0.303 e. The number of benzene rings is 1. The molecule has 0 atom stereocenters. The molecule has 112 valence electrons. The number of hydrogen-bond donors (Lipinski definition) is 1. The Morgan fingerprint density at radius 2 is 1.95 bits per heavy atom. The van der Waals surface area contributed by atoms with Crippen LogP contribution >= 0.6 is 0 Å². The highest BCUT2D eigenvalue weighted by atomic mass is 16.4. The minimum atomic E-state index is -0.824. The van der Waals surface area contributed by atoms with Crippen molar-refractivity contribution in [2.45, 2.75) is 25.8 Å². The second kappa shape index (κ2) is 6.92. The average Bonchev–Trinajstić information content (AvgIpc) is 2.87. The molecule has 0 unspecified atom stereocenters. The normalized spacial score (nSPS) is 10.7. The highest BCUT2D eigenvalue weighted by molar-refractivity contribution is 5.80. The first-order valence-electron chi connectivity index (χ1n) is 7.07. The van der Waals surface area contributed by atoms with Gasteiger partial charge in [0.05, 0.1) is 0 Å². The van der Waals surface area contributed by atoms with E-state index in [1.807, 2.05) is 36.5 Å². The van der Waals surface area contributed by atoms with Crippen molar-refractivity contribution >= 4 is 22.8 Å². The number of para-hydroxylation sites is 1. The quantitative estimate of drug-likeness (QED) is 0.850. The van der Waals surface area contributed by atoms with Gasteiger partial charge in [-0.25, -0.2) is 0 Å². The van der Waals surface area contributed by atoms with Gasteiger partial charge in [-0.05, 0) is 23.9 Å². The van der Waals surface area contributed by atoms with Crippen molar-refractivity contribution in [3.05, 3.63) is 36.5 Å². The number of aromatic nitrogens is 1. The Kier molecular flexibility index (Phi) is 4.98. The maximum Gasteiger partial charge on any atom is 0.303 e. The molecule has 0 spiro atoms. The molecular formula is C16H20N2O3. The molecule has 0 radical (unpaired) electrons. The van der Waals surface area contributed by atoms with E-state index in [1.54, 1.807) is 11.9 Å². The fraction of sp³-hybridized carbons (Fsp3) is 0.375. The molecule has 2 rings (SSSR count). The van der Waals surface area contributed by atoms with Crippen LogP contribution in [0.2, 0.25) is 0 Å². The summed E-state index contributed by atoms with van der Waals surface area (Å²) >= 11 is 0. The molecule has 5 nitrogen and oxygen atoms in total. The zero-order valence-electron chi connectivity index (χ0n) is 12.2. The van der Waals surface area contributed by atoms with Gasteiger partial charge in [0.1, 0.15) is 0 Å². The van der Waals surface area contributed by atoms with Crippen molar-refractivity contribution in [2.24, 2.45) is 0 Å². The summed E-state index contributed by atoms with van der Waals surface area (Å²) in [5.41, 5.74) is 1.12. The van der Waals surface area contributed by atoms with Crippen LogP contribution in [0.25, 0.3) is 10.9 Å². The Labute approximate surface area is 123 Å². The summed E-state index contributed by atoms with van der Waals surface area (Å²) in [5.74, 6) is -0.784. The number of carboxylic acids is 1. The fourth-order valence-electron chi connectivity index (χ4n) is 2.33. The average molecular weight is 288 g/mol. The summed E-state index contributed by atoms with van der Waals surface area (Å²) in [7, 11) is 1.72. The van der Waals surface area contributed by atoms with Crippen LogP contribution in [0, 0.1) is 0 Å². The molecule has 0 aliphatic rings. The zero-order valence-corrected chi connectivity index (χ0v) is 12.2. The van der Waals surface area contributed by atoms with E-state index >= 15 is 0 Å². The second-order valence-corrected chi connectivity index (χ2v) is 5.13. The van der Waals surface area contributed by atoms with Gasteiger partial charge in [-0.15, -0.1) is 0 Å². The van der Waals surface area contributed by atoms with E-state index in [-0.39, 0.29) is 12.3 Å². The molecule has 21 heavy (non-hydrogen) atoms. The number of carbonyl (C=O) groups excluding carboxylic acids is 1. The molecule has 0 saturated carbocycles. The van der Waals surface area contributed by atoms with Gasteiger partial charge in [0, 0.05) is 44.7 Å². The van der Waals surface area contributed by atoms with Gasteiger partial charge >= 0.3 is 5.97 Å². The SMILES string of the molecule is CN(CCCC(=O)O)C(=O)CCn1ccc2ccccc21. The minimum Gasteiger partial charge on any atom is -0.481 e. The van der Waals surface area contributed by atoms with Crippen molar-refractivity contribution < 1.29 is 14.7 Å². The van der Waals surface area contributed by atoms with Gasteiger partial charge in [0.2, 0.25) is 5.91 Å². The molecule has 1 aromatic heterocycles. The van der Waals surface area contributed by atoms with Crippen LogP contribution in [0.3, 0.4) is 0 Å². The lowest BCUT2D eigenvalue weighted by atomic mass is 10.2. The third-order valence-electron chi connectivity index (χ3n) is 3.56. The van der Waals surface area contributed by atoms with Gasteiger partial charge in [0.25, 0.3) is 0 Å². The van der Waals surface area contributed by atoms with Gasteiger partial charge < -0.3 is 14.6 Å². The highest BCUT2D eigenvalue weighted by Gasteiger charge is 2.10. The van der Waals surface area contributed by atoms with Crippen LogP contribution in [-0.2, 0) is 16.1 Å². The lowest BCUT2D eigenvalue weighted by molar-refractivity contribution is -0.138. The molecular weight excluding hydrogens is 268 g/mol. The van der Waals surface area contributed by atoms with Gasteiger partial charge in [0.15, 0.2) is 0 Å². The fourth-order valence-corrected chi connectivity index (χ4v) is 2.33. The number of fused-ring (bicyclic) bond motifs is 1. The summed E-state index contributed by atoms with van der Waals surface area (Å²) in [6.45, 7) is 1.12. The standard InChI is InChI=1S/C16H20N2O3/c1-17(10-4-7-16(20)21)15(19)9-12-18-11-8-13-5-2-3-6-14(13)18/h2-3,5-6,8,11H,4,7,9-10,12H2,1H3,(H,20,21). The van der Waals surface area contributed by atoms with E-state index in [9.17, 15) is 9.59 Å². The van der Waals surface area contributed by atoms with Crippen LogP contribution in [0.5, 0.6) is 0 Å². The molecule has 1 heterocycles. The molecule has 2 aromatic rings. The number of carbonyl (C=O) groups is 2. The van der Waals surface area contributed by atoms with E-state index in [0.29, 0.717) is 25.9 Å². The topological polar surface area (TPSA) is 62.5 Å². The lowest BCUT2D eigenvalue weighted by Gasteiger charge is -2.17. The minimum absolute atomic E-state index is 0.0400. The van der Waals surface area contributed by atoms with E-state index in [0.717, 1.165) is 5.52 Å². The molecule has 1 N–H and O–H groups in total. The zero-order chi connectivity index (χ0) is 15.2. The molecule has 1 aromatic carbocycles. The Morgan fingerprint density at radius 1 is 1.19 bits per heavy atom. The Bertz CT molecular complexity index is 633. The van der Waals surface area contributed by atoms with E-state index < -0.39 is 5.97 Å². The Balaban J connectivity index is 1.84. The monoisotopic (exact) mass is 288 g/mol. The second-order valence-electron chi connectivity index (χ2n) is 5.13. The number of amides is 1. The molecule has 0 bridgehead atoms. The van der Waals surface area contributed by atoms with Crippen molar-refractivity contribution in [3.8, 4) is 0 Å². The molecule has 5 heteroatoms. The van der Waals surface area contributed by atoms with Crippen molar-refractivity contribution in [3.63, 3.8) is 0 Å². The largest absolute Gasteiger partial charge is 0.481 e. The molecule has 0 aliphatic carbocycles. The summed E-state index contributed by atoms with van der Waals surface area (Å²) in [6.07, 6.45) is 2.99. The van der Waals surface area contributed by atoms with Crippen LogP contribution < -0.4 is 0 Å². The van der Waals surface area contributed by atoms with Crippen LogP contribution in [0.1, 0.15) is 19.3 Å². The molecule has 0 fully saturated rings. The Morgan fingerprint density at radius 3 is 2.71 bits per heavy atom. The highest BCUT2D eigenvalue weighted by Crippen LogP contribution is 2.15. The van der Waals surface area contributed by atoms with E-state index in [4.69, 9.17) is 5.11 Å². The van der Waals surface area contributed by atoms with E-state index in [1.165, 1.54) is 5.39 Å². The van der Waals surface area contributed by atoms with Crippen LogP contribution in [0.15, 0.2) is 36.5 Å². The summed E-state index contributed by atoms with van der Waals surface area (Å²) < 4.78 is 2.07. The van der Waals surface area contributed by atoms with Gasteiger partial charge in [-0.2, -0.15) is 0 Å². The molecule has 0 saturated heterocycles. The number of aliphatic carboxylic acids is 1. The number of rotatable bonds is 7. The third kappa shape index (κ3) is 4.08. The maximum absolute atomic E-state index is 12.0. The summed E-state index contributed by atoms with van der Waals surface area (Å²) in [5, 5.41) is 9.75. The number of carboxylic acid groups (broad SMARTS) is 1. The molecule has 1 amide bonds. The lowest BCUT2D eigenvalue weighted by Crippen LogP contribution is -2.28.